The summed E-state index contributed by atoms with van der Waals surface area (Å²) in [6, 6.07) is 1.63. The molecule has 0 bridgehead atoms. The lowest BCUT2D eigenvalue weighted by Crippen LogP contribution is -2.03. The molecule has 0 fully saturated rings. The van der Waals surface area contributed by atoms with Crippen LogP contribution in [-0.4, -0.2) is 12.6 Å². The molecule has 0 N–H and O–H groups in total. The number of carbonyl (C=O) groups excluding carboxylic acids is 1. The first kappa shape index (κ1) is 9.40. The van der Waals surface area contributed by atoms with E-state index in [-0.39, 0.29) is 6.61 Å². The number of ether oxygens (including phenoxy) is 1. The molecule has 0 aliphatic rings. The van der Waals surface area contributed by atoms with Crippen LogP contribution in [0.4, 0.5) is 0 Å². The van der Waals surface area contributed by atoms with Crippen LogP contribution in [0.1, 0.15) is 23.0 Å². The van der Waals surface area contributed by atoms with Crippen LogP contribution in [-0.2, 0) is 4.74 Å². The van der Waals surface area contributed by atoms with Crippen molar-refractivity contribution in [2.45, 2.75) is 13.8 Å². The standard InChI is InChI=1S/C10H10O3/c1-3-4-5-12-10(11)9-6-8(2)13-7-9/h6-7H,5H2,1-2H3. The number of hydrogen-bond acceptors (Lipinski definition) is 3. The number of rotatable bonds is 2. The lowest BCUT2D eigenvalue weighted by atomic mass is 10.3. The summed E-state index contributed by atoms with van der Waals surface area (Å²) in [6.45, 7) is 3.58. The number of hydrogen-bond donors (Lipinski definition) is 0. The maximum Gasteiger partial charge on any atom is 0.342 e. The monoisotopic (exact) mass is 178 g/mol. The maximum absolute atomic E-state index is 11.2. The summed E-state index contributed by atoms with van der Waals surface area (Å²) in [7, 11) is 0. The van der Waals surface area contributed by atoms with Crippen LogP contribution >= 0.6 is 0 Å². The predicted octanol–water partition coefficient (Wildman–Crippen LogP) is 1.77. The van der Waals surface area contributed by atoms with E-state index in [1.54, 1.807) is 19.9 Å². The molecule has 13 heavy (non-hydrogen) atoms. The largest absolute Gasteiger partial charge is 0.469 e. The Hall–Kier alpha value is -1.69. The summed E-state index contributed by atoms with van der Waals surface area (Å²) in [5.74, 6) is 5.55. The minimum absolute atomic E-state index is 0.125. The predicted molar refractivity (Wildman–Crippen MR) is 47.2 cm³/mol. The fraction of sp³-hybridized carbons (Fsp3) is 0.300. The minimum Gasteiger partial charge on any atom is -0.469 e. The van der Waals surface area contributed by atoms with Crippen molar-refractivity contribution in [3.63, 3.8) is 0 Å². The zero-order chi connectivity index (χ0) is 9.68. The molecule has 0 aliphatic heterocycles. The van der Waals surface area contributed by atoms with Gasteiger partial charge in [-0.2, -0.15) is 0 Å². The zero-order valence-electron chi connectivity index (χ0n) is 7.59. The van der Waals surface area contributed by atoms with Gasteiger partial charge in [0.2, 0.25) is 0 Å². The van der Waals surface area contributed by atoms with E-state index in [9.17, 15) is 4.79 Å². The van der Waals surface area contributed by atoms with Crippen molar-refractivity contribution in [1.29, 1.82) is 0 Å². The second kappa shape index (κ2) is 4.36. The van der Waals surface area contributed by atoms with Crippen molar-refractivity contribution in [3.8, 4) is 11.8 Å². The number of carbonyl (C=O) groups is 1. The Labute approximate surface area is 76.7 Å². The average molecular weight is 178 g/mol. The highest BCUT2D eigenvalue weighted by atomic mass is 16.5. The van der Waals surface area contributed by atoms with Crippen LogP contribution in [0.5, 0.6) is 0 Å². The summed E-state index contributed by atoms with van der Waals surface area (Å²) in [5.41, 5.74) is 0.426. The third-order valence-corrected chi connectivity index (χ3v) is 1.42. The highest BCUT2D eigenvalue weighted by molar-refractivity contribution is 5.89. The number of furan rings is 1. The molecule has 1 rings (SSSR count). The van der Waals surface area contributed by atoms with Crippen molar-refractivity contribution in [2.24, 2.45) is 0 Å². The van der Waals surface area contributed by atoms with Crippen molar-refractivity contribution >= 4 is 5.97 Å². The van der Waals surface area contributed by atoms with Gasteiger partial charge in [-0.25, -0.2) is 4.79 Å². The molecule has 68 valence electrons. The molecular weight excluding hydrogens is 168 g/mol. The summed E-state index contributed by atoms with van der Waals surface area (Å²) in [4.78, 5) is 11.2. The summed E-state index contributed by atoms with van der Waals surface area (Å²) >= 11 is 0. The summed E-state index contributed by atoms with van der Waals surface area (Å²) < 4.78 is 9.76. The lowest BCUT2D eigenvalue weighted by molar-refractivity contribution is 0.0556. The molecule has 1 heterocycles. The molecule has 1 aromatic rings. The maximum atomic E-state index is 11.2. The van der Waals surface area contributed by atoms with E-state index >= 15 is 0 Å². The van der Waals surface area contributed by atoms with Crippen molar-refractivity contribution < 1.29 is 13.9 Å². The van der Waals surface area contributed by atoms with Gasteiger partial charge in [-0.3, -0.25) is 0 Å². The highest BCUT2D eigenvalue weighted by Crippen LogP contribution is 2.07. The molecule has 3 nitrogen and oxygen atoms in total. The van der Waals surface area contributed by atoms with E-state index in [0.29, 0.717) is 11.3 Å². The first-order valence-corrected chi connectivity index (χ1v) is 3.86. The second-order valence-corrected chi connectivity index (χ2v) is 2.45. The molecular formula is C10H10O3. The van der Waals surface area contributed by atoms with E-state index < -0.39 is 5.97 Å². The second-order valence-electron chi connectivity index (χ2n) is 2.45. The van der Waals surface area contributed by atoms with Crippen LogP contribution in [0.15, 0.2) is 16.7 Å². The lowest BCUT2D eigenvalue weighted by Gasteiger charge is -1.95. The molecule has 0 saturated carbocycles. The van der Waals surface area contributed by atoms with Crippen molar-refractivity contribution in [1.82, 2.24) is 0 Å². The quantitative estimate of drug-likeness (QED) is 0.511. The Kier molecular flexibility index (Phi) is 3.15. The molecule has 3 heteroatoms. The minimum atomic E-state index is -0.403. The van der Waals surface area contributed by atoms with Crippen molar-refractivity contribution in [3.05, 3.63) is 23.7 Å². The Morgan fingerprint density at radius 1 is 1.69 bits per heavy atom. The number of aryl methyl sites for hydroxylation is 1. The molecule has 0 aliphatic carbocycles. The Morgan fingerprint density at radius 3 is 3.00 bits per heavy atom. The third kappa shape index (κ3) is 2.68. The molecule has 0 atom stereocenters. The normalized spacial score (nSPS) is 8.77. The van der Waals surface area contributed by atoms with Crippen LogP contribution < -0.4 is 0 Å². The van der Waals surface area contributed by atoms with Gasteiger partial charge in [0.25, 0.3) is 0 Å². The average Bonchev–Trinajstić information content (AvgIpc) is 2.52. The summed E-state index contributed by atoms with van der Waals surface area (Å²) in [5, 5.41) is 0. The molecule has 0 unspecified atom stereocenters. The number of esters is 1. The van der Waals surface area contributed by atoms with Crippen molar-refractivity contribution in [2.75, 3.05) is 6.61 Å². The van der Waals surface area contributed by atoms with Gasteiger partial charge in [0.1, 0.15) is 12.0 Å². The molecule has 0 amide bonds. The molecule has 0 spiro atoms. The Bertz CT molecular complexity index is 352. The topological polar surface area (TPSA) is 39.4 Å². The highest BCUT2D eigenvalue weighted by Gasteiger charge is 2.08. The van der Waals surface area contributed by atoms with Gasteiger partial charge < -0.3 is 9.15 Å². The van der Waals surface area contributed by atoms with Crippen LogP contribution in [0.3, 0.4) is 0 Å². The molecule has 0 radical (unpaired) electrons. The van der Waals surface area contributed by atoms with E-state index in [1.807, 2.05) is 0 Å². The van der Waals surface area contributed by atoms with Gasteiger partial charge in [-0.15, -0.1) is 5.92 Å². The van der Waals surface area contributed by atoms with Gasteiger partial charge in [0.15, 0.2) is 6.61 Å². The summed E-state index contributed by atoms with van der Waals surface area (Å²) in [6.07, 6.45) is 1.37. The fourth-order valence-electron chi connectivity index (χ4n) is 0.808. The van der Waals surface area contributed by atoms with Gasteiger partial charge in [-0.05, 0) is 19.9 Å². The van der Waals surface area contributed by atoms with Crippen LogP contribution in [0.2, 0.25) is 0 Å². The van der Waals surface area contributed by atoms with E-state index in [0.717, 1.165) is 0 Å². The third-order valence-electron chi connectivity index (χ3n) is 1.42. The molecule has 1 aromatic heterocycles. The Balaban J connectivity index is 2.52. The van der Waals surface area contributed by atoms with E-state index in [4.69, 9.17) is 9.15 Å². The van der Waals surface area contributed by atoms with Gasteiger partial charge in [0, 0.05) is 0 Å². The van der Waals surface area contributed by atoms with Gasteiger partial charge in [-0.1, -0.05) is 5.92 Å². The zero-order valence-corrected chi connectivity index (χ0v) is 7.59. The smallest absolute Gasteiger partial charge is 0.342 e. The van der Waals surface area contributed by atoms with Crippen LogP contribution in [0.25, 0.3) is 0 Å². The Morgan fingerprint density at radius 2 is 2.46 bits per heavy atom. The van der Waals surface area contributed by atoms with Gasteiger partial charge in [0.05, 0.1) is 5.56 Å². The van der Waals surface area contributed by atoms with E-state index in [1.165, 1.54) is 6.26 Å². The SMILES string of the molecule is CC#CCOC(=O)c1coc(C)c1. The van der Waals surface area contributed by atoms with E-state index in [2.05, 4.69) is 11.8 Å². The van der Waals surface area contributed by atoms with Gasteiger partial charge >= 0.3 is 5.97 Å². The molecule has 0 saturated heterocycles. The first-order chi connectivity index (χ1) is 6.24. The fourth-order valence-corrected chi connectivity index (χ4v) is 0.808. The van der Waals surface area contributed by atoms with Crippen LogP contribution in [0, 0.1) is 18.8 Å². The molecule has 0 aromatic carbocycles. The first-order valence-electron chi connectivity index (χ1n) is 3.86.